The number of fused-ring (bicyclic) bond motifs is 1. The zero-order valence-corrected chi connectivity index (χ0v) is 13.0. The topological polar surface area (TPSA) is 85.3 Å². The monoisotopic (exact) mass is 335 g/mol. The lowest BCUT2D eigenvalue weighted by Crippen LogP contribution is -2.13. The summed E-state index contributed by atoms with van der Waals surface area (Å²) >= 11 is 11.9. The Morgan fingerprint density at radius 2 is 1.91 bits per heavy atom. The first kappa shape index (κ1) is 14.6. The van der Waals surface area contributed by atoms with Crippen molar-refractivity contribution in [3.63, 3.8) is 0 Å². The number of anilines is 2. The summed E-state index contributed by atoms with van der Waals surface area (Å²) in [4.78, 5) is 12.3. The van der Waals surface area contributed by atoms with Crippen LogP contribution in [0.5, 0.6) is 0 Å². The number of nitrogens with zero attached hydrogens (tertiary/aromatic N) is 3. The van der Waals surface area contributed by atoms with Crippen LogP contribution in [0, 0.1) is 6.92 Å². The largest absolute Gasteiger partial charge is 0.396 e. The minimum Gasteiger partial charge on any atom is -0.396 e. The minimum atomic E-state index is -0.299. The number of halogens is 2. The molecule has 0 spiro atoms. The number of nitrogen functional groups attached to an aromatic ring is 1. The smallest absolute Gasteiger partial charge is 0.257 e. The third-order valence-electron chi connectivity index (χ3n) is 3.17. The normalized spacial score (nSPS) is 10.9. The number of hydrogen-bond donors (Lipinski definition) is 2. The van der Waals surface area contributed by atoms with Crippen molar-refractivity contribution in [2.75, 3.05) is 11.1 Å². The summed E-state index contributed by atoms with van der Waals surface area (Å²) < 4.78 is 1.73. The van der Waals surface area contributed by atoms with Gasteiger partial charge in [0, 0.05) is 11.9 Å². The van der Waals surface area contributed by atoms with Crippen LogP contribution in [0.1, 0.15) is 16.2 Å². The molecule has 6 nitrogen and oxygen atoms in total. The SMILES string of the molecule is Cc1nnc2ccc(C(=O)Nc3cc(Cl)c(N)c(Cl)c3)cn12. The first-order chi connectivity index (χ1) is 10.5. The lowest BCUT2D eigenvalue weighted by atomic mass is 10.2. The number of carbonyl (C=O) groups is 1. The van der Waals surface area contributed by atoms with Crippen LogP contribution < -0.4 is 11.1 Å². The fourth-order valence-corrected chi connectivity index (χ4v) is 2.49. The zero-order chi connectivity index (χ0) is 15.9. The van der Waals surface area contributed by atoms with E-state index in [0.717, 1.165) is 0 Å². The molecule has 2 heterocycles. The molecule has 3 aromatic rings. The molecule has 0 unspecified atom stereocenters. The summed E-state index contributed by atoms with van der Waals surface area (Å²) in [5, 5.41) is 11.2. The van der Waals surface area contributed by atoms with Crippen LogP contribution in [0.3, 0.4) is 0 Å². The summed E-state index contributed by atoms with van der Waals surface area (Å²) in [5.41, 5.74) is 7.55. The van der Waals surface area contributed by atoms with E-state index in [4.69, 9.17) is 28.9 Å². The van der Waals surface area contributed by atoms with Gasteiger partial charge in [-0.25, -0.2) is 0 Å². The van der Waals surface area contributed by atoms with Gasteiger partial charge in [0.1, 0.15) is 5.82 Å². The molecule has 112 valence electrons. The van der Waals surface area contributed by atoms with Crippen molar-refractivity contribution in [3.8, 4) is 0 Å². The van der Waals surface area contributed by atoms with Crippen molar-refractivity contribution >= 4 is 46.1 Å². The Kier molecular flexibility index (Phi) is 3.64. The Balaban J connectivity index is 1.91. The van der Waals surface area contributed by atoms with Gasteiger partial charge in [-0.15, -0.1) is 10.2 Å². The third-order valence-corrected chi connectivity index (χ3v) is 3.80. The molecule has 0 saturated carbocycles. The highest BCUT2D eigenvalue weighted by molar-refractivity contribution is 6.39. The highest BCUT2D eigenvalue weighted by atomic mass is 35.5. The molecule has 2 aromatic heterocycles. The van der Waals surface area contributed by atoms with Crippen LogP contribution in [0.4, 0.5) is 11.4 Å². The number of carbonyl (C=O) groups excluding carboxylic acids is 1. The molecule has 0 saturated heterocycles. The van der Waals surface area contributed by atoms with Gasteiger partial charge in [-0.2, -0.15) is 0 Å². The summed E-state index contributed by atoms with van der Waals surface area (Å²) in [6.07, 6.45) is 1.67. The molecule has 8 heteroatoms. The molecule has 0 aliphatic carbocycles. The van der Waals surface area contributed by atoms with E-state index in [0.29, 0.717) is 22.7 Å². The van der Waals surface area contributed by atoms with E-state index < -0.39 is 0 Å². The van der Waals surface area contributed by atoms with E-state index in [1.165, 1.54) is 0 Å². The summed E-state index contributed by atoms with van der Waals surface area (Å²) in [7, 11) is 0. The first-order valence-electron chi connectivity index (χ1n) is 6.33. The average Bonchev–Trinajstić information content (AvgIpc) is 2.85. The Morgan fingerprint density at radius 3 is 2.59 bits per heavy atom. The van der Waals surface area contributed by atoms with Crippen molar-refractivity contribution in [3.05, 3.63) is 51.9 Å². The van der Waals surface area contributed by atoms with Gasteiger partial charge in [0.15, 0.2) is 5.65 Å². The van der Waals surface area contributed by atoms with E-state index in [2.05, 4.69) is 15.5 Å². The Morgan fingerprint density at radius 1 is 1.23 bits per heavy atom. The molecule has 3 rings (SSSR count). The fourth-order valence-electron chi connectivity index (χ4n) is 2.00. The highest BCUT2D eigenvalue weighted by Gasteiger charge is 2.11. The predicted octanol–water partition coefficient (Wildman–Crippen LogP) is 3.18. The lowest BCUT2D eigenvalue weighted by Gasteiger charge is -2.09. The maximum Gasteiger partial charge on any atom is 0.257 e. The molecule has 0 bridgehead atoms. The Hall–Kier alpha value is -2.31. The van der Waals surface area contributed by atoms with Crippen molar-refractivity contribution in [1.29, 1.82) is 0 Å². The molecule has 0 radical (unpaired) electrons. The van der Waals surface area contributed by atoms with Gasteiger partial charge < -0.3 is 11.1 Å². The summed E-state index contributed by atoms with van der Waals surface area (Å²) in [6.45, 7) is 1.81. The van der Waals surface area contributed by atoms with E-state index in [1.807, 2.05) is 0 Å². The standard InChI is InChI=1S/C14H11Cl2N5O/c1-7-19-20-12-3-2-8(6-21(7)12)14(22)18-9-4-10(15)13(17)11(16)5-9/h2-6H,17H2,1H3,(H,18,22). The predicted molar refractivity (Wildman–Crippen MR) is 86.6 cm³/mol. The van der Waals surface area contributed by atoms with Crippen LogP contribution in [0.15, 0.2) is 30.5 Å². The molecule has 1 amide bonds. The van der Waals surface area contributed by atoms with E-state index in [1.54, 1.807) is 41.8 Å². The van der Waals surface area contributed by atoms with Gasteiger partial charge in [0.05, 0.1) is 21.3 Å². The number of nitrogens with two attached hydrogens (primary N) is 1. The first-order valence-corrected chi connectivity index (χ1v) is 7.08. The van der Waals surface area contributed by atoms with Crippen molar-refractivity contribution in [2.24, 2.45) is 0 Å². The molecule has 0 atom stereocenters. The highest BCUT2D eigenvalue weighted by Crippen LogP contribution is 2.31. The molecule has 0 aliphatic heterocycles. The van der Waals surface area contributed by atoms with Crippen LogP contribution >= 0.6 is 23.2 Å². The second-order valence-electron chi connectivity index (χ2n) is 4.70. The maximum absolute atomic E-state index is 12.3. The van der Waals surface area contributed by atoms with E-state index >= 15 is 0 Å². The van der Waals surface area contributed by atoms with Gasteiger partial charge in [0.25, 0.3) is 5.91 Å². The van der Waals surface area contributed by atoms with Crippen molar-refractivity contribution < 1.29 is 4.79 Å². The molecule has 22 heavy (non-hydrogen) atoms. The quantitative estimate of drug-likeness (QED) is 0.704. The van der Waals surface area contributed by atoms with Gasteiger partial charge in [0.2, 0.25) is 0 Å². The van der Waals surface area contributed by atoms with Crippen molar-refractivity contribution in [2.45, 2.75) is 6.92 Å². The number of benzene rings is 1. The molecule has 0 aliphatic rings. The number of nitrogens with one attached hydrogen (secondary N) is 1. The number of amides is 1. The zero-order valence-electron chi connectivity index (χ0n) is 11.5. The van der Waals surface area contributed by atoms with Gasteiger partial charge in [-0.1, -0.05) is 23.2 Å². The molecule has 3 N–H and O–H groups in total. The molecular formula is C14H11Cl2N5O. The second-order valence-corrected chi connectivity index (χ2v) is 5.52. The Bertz CT molecular complexity index is 867. The van der Waals surface area contributed by atoms with Crippen molar-refractivity contribution in [1.82, 2.24) is 14.6 Å². The van der Waals surface area contributed by atoms with Gasteiger partial charge >= 0.3 is 0 Å². The number of hydrogen-bond acceptors (Lipinski definition) is 4. The second kappa shape index (κ2) is 5.47. The van der Waals surface area contributed by atoms with Crippen LogP contribution in [0.25, 0.3) is 5.65 Å². The number of pyridine rings is 1. The fraction of sp³-hybridized carbons (Fsp3) is 0.0714. The molecule has 1 aromatic carbocycles. The number of aryl methyl sites for hydroxylation is 1. The number of rotatable bonds is 2. The Labute approximate surface area is 135 Å². The minimum absolute atomic E-state index is 0.280. The van der Waals surface area contributed by atoms with Gasteiger partial charge in [-0.3, -0.25) is 9.20 Å². The third kappa shape index (κ3) is 2.58. The summed E-state index contributed by atoms with van der Waals surface area (Å²) in [5.74, 6) is 0.398. The summed E-state index contributed by atoms with van der Waals surface area (Å²) in [6, 6.07) is 6.48. The van der Waals surface area contributed by atoms with Crippen LogP contribution in [0.2, 0.25) is 10.0 Å². The number of aromatic nitrogens is 3. The lowest BCUT2D eigenvalue weighted by molar-refractivity contribution is 0.102. The molecular weight excluding hydrogens is 325 g/mol. The van der Waals surface area contributed by atoms with E-state index in [9.17, 15) is 4.79 Å². The average molecular weight is 336 g/mol. The van der Waals surface area contributed by atoms with Gasteiger partial charge in [-0.05, 0) is 31.2 Å². The molecule has 0 fully saturated rings. The van der Waals surface area contributed by atoms with Crippen LogP contribution in [-0.2, 0) is 0 Å². The van der Waals surface area contributed by atoms with E-state index in [-0.39, 0.29) is 21.6 Å². The maximum atomic E-state index is 12.3. The van der Waals surface area contributed by atoms with Crippen LogP contribution in [-0.4, -0.2) is 20.5 Å².